The van der Waals surface area contributed by atoms with Gasteiger partial charge in [0.05, 0.1) is 19.8 Å². The number of aryl methyl sites for hydroxylation is 1. The number of ether oxygens (including phenoxy) is 2. The summed E-state index contributed by atoms with van der Waals surface area (Å²) in [6, 6.07) is 8.09. The van der Waals surface area contributed by atoms with Gasteiger partial charge in [-0.25, -0.2) is 0 Å². The van der Waals surface area contributed by atoms with Gasteiger partial charge in [-0.15, -0.1) is 24.0 Å². The zero-order valence-corrected chi connectivity index (χ0v) is 16.7. The summed E-state index contributed by atoms with van der Waals surface area (Å²) in [5.74, 6) is 1.70. The van der Waals surface area contributed by atoms with E-state index in [1.807, 2.05) is 25.1 Å². The predicted octanol–water partition coefficient (Wildman–Crippen LogP) is 2.58. The summed E-state index contributed by atoms with van der Waals surface area (Å²) in [5.41, 5.74) is 1.42. The Labute approximate surface area is 156 Å². The molecule has 0 bridgehead atoms. The van der Waals surface area contributed by atoms with Crippen molar-refractivity contribution in [2.45, 2.75) is 26.9 Å². The lowest BCUT2D eigenvalue weighted by atomic mass is 9.89. The van der Waals surface area contributed by atoms with Crippen LogP contribution >= 0.6 is 24.0 Å². The highest BCUT2D eigenvalue weighted by Crippen LogP contribution is 2.24. The van der Waals surface area contributed by atoms with Gasteiger partial charge in [-0.3, -0.25) is 4.99 Å². The molecule has 1 aliphatic heterocycles. The number of halogens is 1. The minimum Gasteiger partial charge on any atom is -0.489 e. The van der Waals surface area contributed by atoms with Crippen molar-refractivity contribution in [2.75, 3.05) is 33.4 Å². The maximum Gasteiger partial charge on any atom is 0.191 e. The Bertz CT molecular complexity index is 518. The Hall–Kier alpha value is -1.02. The third-order valence-corrected chi connectivity index (χ3v) is 3.69. The van der Waals surface area contributed by atoms with E-state index in [4.69, 9.17) is 9.47 Å². The molecule has 2 rings (SSSR count). The normalized spacial score (nSPS) is 17.5. The predicted molar refractivity (Wildman–Crippen MR) is 105 cm³/mol. The Morgan fingerprint density at radius 1 is 1.39 bits per heavy atom. The van der Waals surface area contributed by atoms with Crippen LogP contribution in [0, 0.1) is 12.3 Å². The first-order chi connectivity index (χ1) is 10.5. The van der Waals surface area contributed by atoms with Crippen molar-refractivity contribution in [3.05, 3.63) is 29.8 Å². The summed E-state index contributed by atoms with van der Waals surface area (Å²) in [4.78, 5) is 4.24. The first-order valence-electron chi connectivity index (χ1n) is 7.76. The van der Waals surface area contributed by atoms with Crippen LogP contribution in [0.5, 0.6) is 5.75 Å². The van der Waals surface area contributed by atoms with Gasteiger partial charge in [-0.1, -0.05) is 19.1 Å². The second-order valence-corrected chi connectivity index (χ2v) is 6.36. The minimum atomic E-state index is 0. The van der Waals surface area contributed by atoms with Crippen LogP contribution in [0.2, 0.25) is 0 Å². The van der Waals surface area contributed by atoms with Gasteiger partial charge in [0.1, 0.15) is 11.9 Å². The molecule has 1 saturated heterocycles. The van der Waals surface area contributed by atoms with Gasteiger partial charge in [0, 0.05) is 19.0 Å². The molecule has 5 nitrogen and oxygen atoms in total. The number of nitrogens with one attached hydrogen (secondary N) is 2. The third kappa shape index (κ3) is 6.55. The summed E-state index contributed by atoms with van der Waals surface area (Å²) in [7, 11) is 1.78. The molecule has 0 spiro atoms. The zero-order chi connectivity index (χ0) is 16.0. The number of hydrogen-bond donors (Lipinski definition) is 2. The van der Waals surface area contributed by atoms with Crippen molar-refractivity contribution in [3.8, 4) is 5.75 Å². The number of nitrogens with zero attached hydrogens (tertiary/aromatic N) is 1. The average Bonchev–Trinajstić information content (AvgIpc) is 2.45. The first kappa shape index (κ1) is 20.0. The van der Waals surface area contributed by atoms with Crippen molar-refractivity contribution < 1.29 is 9.47 Å². The van der Waals surface area contributed by atoms with Gasteiger partial charge in [0.2, 0.25) is 0 Å². The summed E-state index contributed by atoms with van der Waals surface area (Å²) in [6.07, 6.45) is 0.0583. The number of guanidine groups is 1. The molecule has 2 N–H and O–H groups in total. The summed E-state index contributed by atoms with van der Waals surface area (Å²) >= 11 is 0. The number of hydrogen-bond acceptors (Lipinski definition) is 3. The molecular formula is C17H28IN3O2. The minimum absolute atomic E-state index is 0. The molecule has 0 aliphatic carbocycles. The molecule has 1 aliphatic rings. The Balaban J connectivity index is 0.00000264. The molecule has 0 radical (unpaired) electrons. The van der Waals surface area contributed by atoms with Gasteiger partial charge in [0.25, 0.3) is 0 Å². The van der Waals surface area contributed by atoms with Gasteiger partial charge < -0.3 is 20.1 Å². The Morgan fingerprint density at radius 3 is 2.70 bits per heavy atom. The molecule has 1 atom stereocenters. The highest BCUT2D eigenvalue weighted by Gasteiger charge is 2.33. The lowest BCUT2D eigenvalue weighted by molar-refractivity contribution is -0.0971. The quantitative estimate of drug-likeness (QED) is 0.412. The van der Waals surface area contributed by atoms with E-state index in [1.165, 1.54) is 5.56 Å². The second-order valence-electron chi connectivity index (χ2n) is 6.36. The second kappa shape index (κ2) is 9.32. The third-order valence-electron chi connectivity index (χ3n) is 3.69. The maximum atomic E-state index is 5.90. The lowest BCUT2D eigenvalue weighted by Gasteiger charge is -2.38. The van der Waals surface area contributed by atoms with Crippen molar-refractivity contribution in [3.63, 3.8) is 0 Å². The largest absolute Gasteiger partial charge is 0.489 e. The molecule has 1 unspecified atom stereocenters. The fraction of sp³-hybridized carbons (Fsp3) is 0.588. The van der Waals surface area contributed by atoms with Crippen LogP contribution in [-0.4, -0.2) is 45.4 Å². The zero-order valence-electron chi connectivity index (χ0n) is 14.4. The Morgan fingerprint density at radius 2 is 2.13 bits per heavy atom. The average molecular weight is 433 g/mol. The van der Waals surface area contributed by atoms with E-state index in [-0.39, 0.29) is 35.5 Å². The Kier molecular flexibility index (Phi) is 8.11. The van der Waals surface area contributed by atoms with Crippen molar-refractivity contribution in [2.24, 2.45) is 10.4 Å². The van der Waals surface area contributed by atoms with E-state index in [1.54, 1.807) is 7.05 Å². The van der Waals surface area contributed by atoms with E-state index in [0.717, 1.165) is 31.5 Å². The van der Waals surface area contributed by atoms with E-state index in [9.17, 15) is 0 Å². The smallest absolute Gasteiger partial charge is 0.191 e. The van der Waals surface area contributed by atoms with Crippen LogP contribution < -0.4 is 15.4 Å². The molecule has 130 valence electrons. The molecule has 1 heterocycles. The summed E-state index contributed by atoms with van der Waals surface area (Å²) in [6.45, 7) is 9.49. The first-order valence-corrected chi connectivity index (χ1v) is 7.76. The molecule has 0 saturated carbocycles. The van der Waals surface area contributed by atoms with E-state index >= 15 is 0 Å². The fourth-order valence-corrected chi connectivity index (χ4v) is 2.27. The molecule has 6 heteroatoms. The molecular weight excluding hydrogens is 405 g/mol. The van der Waals surface area contributed by atoms with E-state index in [2.05, 4.69) is 35.5 Å². The highest BCUT2D eigenvalue weighted by atomic mass is 127. The summed E-state index contributed by atoms with van der Waals surface area (Å²) in [5, 5.41) is 6.64. The van der Waals surface area contributed by atoms with Crippen LogP contribution in [0.1, 0.15) is 19.4 Å². The molecule has 1 aromatic rings. The molecule has 0 amide bonds. The lowest BCUT2D eigenvalue weighted by Crippen LogP contribution is -2.51. The van der Waals surface area contributed by atoms with E-state index in [0.29, 0.717) is 6.54 Å². The van der Waals surface area contributed by atoms with Crippen LogP contribution in [0.3, 0.4) is 0 Å². The van der Waals surface area contributed by atoms with Crippen LogP contribution in [-0.2, 0) is 4.74 Å². The highest BCUT2D eigenvalue weighted by molar-refractivity contribution is 14.0. The molecule has 1 aromatic carbocycles. The van der Waals surface area contributed by atoms with Crippen molar-refractivity contribution in [1.82, 2.24) is 10.6 Å². The van der Waals surface area contributed by atoms with Gasteiger partial charge in [-0.05, 0) is 31.5 Å². The molecule has 1 fully saturated rings. The molecule has 23 heavy (non-hydrogen) atoms. The maximum absolute atomic E-state index is 5.90. The fourth-order valence-electron chi connectivity index (χ4n) is 2.27. The monoisotopic (exact) mass is 433 g/mol. The number of benzene rings is 1. The van der Waals surface area contributed by atoms with Crippen molar-refractivity contribution >= 4 is 29.9 Å². The van der Waals surface area contributed by atoms with Crippen LogP contribution in [0.25, 0.3) is 0 Å². The van der Waals surface area contributed by atoms with Crippen LogP contribution in [0.15, 0.2) is 29.3 Å². The van der Waals surface area contributed by atoms with Crippen molar-refractivity contribution in [1.29, 1.82) is 0 Å². The van der Waals surface area contributed by atoms with Gasteiger partial charge in [-0.2, -0.15) is 0 Å². The number of rotatable bonds is 6. The number of aliphatic imine (C=N–C) groups is 1. The molecule has 0 aromatic heterocycles. The van der Waals surface area contributed by atoms with Crippen LogP contribution in [0.4, 0.5) is 0 Å². The van der Waals surface area contributed by atoms with Gasteiger partial charge in [0.15, 0.2) is 5.96 Å². The van der Waals surface area contributed by atoms with Gasteiger partial charge >= 0.3 is 0 Å². The summed E-state index contributed by atoms with van der Waals surface area (Å²) < 4.78 is 11.2. The SMILES string of the molecule is CN=C(NCC(C)Oc1cccc(C)c1)NCC1(C)COC1.I. The standard InChI is InChI=1S/C17H27N3O2.HI/c1-13-6-5-7-15(8-13)22-14(2)9-19-16(18-4)20-10-17(3)11-21-12-17;/h5-8,14H,9-12H2,1-4H3,(H2,18,19,20);1H. The topological polar surface area (TPSA) is 54.9 Å². The van der Waals surface area contributed by atoms with E-state index < -0.39 is 0 Å².